The van der Waals surface area contributed by atoms with Gasteiger partial charge in [-0.05, 0) is 12.1 Å². The number of halogens is 2. The molecule has 1 aromatic carbocycles. The quantitative estimate of drug-likeness (QED) is 0.794. The van der Waals surface area contributed by atoms with Crippen molar-refractivity contribution in [3.63, 3.8) is 0 Å². The van der Waals surface area contributed by atoms with Gasteiger partial charge >= 0.3 is 0 Å². The summed E-state index contributed by atoms with van der Waals surface area (Å²) < 4.78 is 13.7. The Bertz CT molecular complexity index is 278. The van der Waals surface area contributed by atoms with E-state index in [1.54, 1.807) is 12.1 Å². The Morgan fingerprint density at radius 1 is 1.58 bits per heavy atom. The van der Waals surface area contributed by atoms with E-state index < -0.39 is 0 Å². The third-order valence-corrected chi connectivity index (χ3v) is 1.91. The smallest absolute Gasteiger partial charge is 0.128 e. The van der Waals surface area contributed by atoms with Crippen molar-refractivity contribution < 1.29 is 9.60 Å². The summed E-state index contributed by atoms with van der Waals surface area (Å²) in [7, 11) is 1.47. The van der Waals surface area contributed by atoms with Crippen LogP contribution in [0.3, 0.4) is 0 Å². The van der Waals surface area contributed by atoms with Crippen LogP contribution in [0.4, 0.5) is 4.39 Å². The predicted octanol–water partition coefficient (Wildman–Crippen LogP) is 2.41. The van der Waals surface area contributed by atoms with E-state index in [0.717, 1.165) is 5.06 Å². The van der Waals surface area contributed by atoms with Crippen molar-refractivity contribution in [1.82, 2.24) is 5.06 Å². The van der Waals surface area contributed by atoms with Gasteiger partial charge < -0.3 is 5.21 Å². The largest absolute Gasteiger partial charge is 0.314 e. The normalized spacial score (nSPS) is 10.8. The molecule has 0 aliphatic rings. The van der Waals surface area contributed by atoms with Crippen molar-refractivity contribution in [2.75, 3.05) is 7.05 Å². The van der Waals surface area contributed by atoms with Crippen LogP contribution in [0.1, 0.15) is 5.56 Å². The molecule has 0 atom stereocenters. The standard InChI is InChI=1S/C8H9BrFNO/c1-11(12)5-6-2-3-7(9)4-8(6)10/h2-4,12H,5H2,1H3. The first-order valence-corrected chi connectivity index (χ1v) is 4.23. The lowest BCUT2D eigenvalue weighted by atomic mass is 10.2. The van der Waals surface area contributed by atoms with Crippen LogP contribution in [0.25, 0.3) is 0 Å². The molecule has 66 valence electrons. The molecule has 1 rings (SSSR count). The molecule has 0 aliphatic heterocycles. The van der Waals surface area contributed by atoms with E-state index in [1.807, 2.05) is 0 Å². The molecule has 2 nitrogen and oxygen atoms in total. The third-order valence-electron chi connectivity index (χ3n) is 1.41. The highest BCUT2D eigenvalue weighted by Crippen LogP contribution is 2.15. The van der Waals surface area contributed by atoms with Gasteiger partial charge in [-0.15, -0.1) is 0 Å². The summed E-state index contributed by atoms with van der Waals surface area (Å²) >= 11 is 3.15. The first-order valence-electron chi connectivity index (χ1n) is 3.43. The van der Waals surface area contributed by atoms with Crippen molar-refractivity contribution in [3.05, 3.63) is 34.1 Å². The van der Waals surface area contributed by atoms with Crippen LogP contribution in [0, 0.1) is 5.82 Å². The fourth-order valence-electron chi connectivity index (χ4n) is 0.896. The number of hydrogen-bond acceptors (Lipinski definition) is 2. The molecular formula is C8H9BrFNO. The van der Waals surface area contributed by atoms with Gasteiger partial charge in [0.15, 0.2) is 0 Å². The van der Waals surface area contributed by atoms with Crippen LogP contribution >= 0.6 is 15.9 Å². The van der Waals surface area contributed by atoms with Crippen LogP contribution in [0.2, 0.25) is 0 Å². The Kier molecular flexibility index (Phi) is 3.20. The lowest BCUT2D eigenvalue weighted by Gasteiger charge is -2.08. The molecule has 0 heterocycles. The summed E-state index contributed by atoms with van der Waals surface area (Å²) in [6, 6.07) is 4.74. The first-order chi connectivity index (χ1) is 5.59. The molecule has 0 bridgehead atoms. The van der Waals surface area contributed by atoms with E-state index in [4.69, 9.17) is 5.21 Å². The van der Waals surface area contributed by atoms with Gasteiger partial charge in [0.2, 0.25) is 0 Å². The van der Waals surface area contributed by atoms with Crippen LogP contribution in [-0.4, -0.2) is 17.3 Å². The summed E-state index contributed by atoms with van der Waals surface area (Å²) in [5.41, 5.74) is 0.475. The van der Waals surface area contributed by atoms with Crippen LogP contribution in [0.5, 0.6) is 0 Å². The van der Waals surface area contributed by atoms with Crippen LogP contribution in [0.15, 0.2) is 22.7 Å². The van der Waals surface area contributed by atoms with Gasteiger partial charge in [0.25, 0.3) is 0 Å². The second-order valence-corrected chi connectivity index (χ2v) is 3.47. The second kappa shape index (κ2) is 3.98. The minimum absolute atomic E-state index is 0.194. The molecule has 0 saturated heterocycles. The van der Waals surface area contributed by atoms with Crippen LogP contribution in [-0.2, 0) is 6.54 Å². The van der Waals surface area contributed by atoms with Gasteiger partial charge in [-0.3, -0.25) is 0 Å². The molecule has 0 aliphatic carbocycles. The second-order valence-electron chi connectivity index (χ2n) is 2.55. The summed E-state index contributed by atoms with van der Waals surface area (Å²) in [6.07, 6.45) is 0. The summed E-state index contributed by atoms with van der Waals surface area (Å²) in [4.78, 5) is 0. The summed E-state index contributed by atoms with van der Waals surface area (Å²) in [5.74, 6) is -0.315. The lowest BCUT2D eigenvalue weighted by molar-refractivity contribution is -0.0738. The number of rotatable bonds is 2. The van der Waals surface area contributed by atoms with E-state index in [9.17, 15) is 4.39 Å². The maximum Gasteiger partial charge on any atom is 0.128 e. The van der Waals surface area contributed by atoms with E-state index >= 15 is 0 Å². The first kappa shape index (κ1) is 9.64. The molecule has 0 saturated carbocycles. The minimum atomic E-state index is -0.315. The molecule has 0 fully saturated rings. The fraction of sp³-hybridized carbons (Fsp3) is 0.250. The molecule has 0 spiro atoms. The van der Waals surface area contributed by atoms with E-state index in [0.29, 0.717) is 10.0 Å². The molecule has 0 unspecified atom stereocenters. The average Bonchev–Trinajstić information content (AvgIpc) is 1.94. The minimum Gasteiger partial charge on any atom is -0.314 e. The number of benzene rings is 1. The summed E-state index contributed by atoms with van der Waals surface area (Å²) in [5, 5.41) is 9.79. The molecule has 0 aromatic heterocycles. The predicted molar refractivity (Wildman–Crippen MR) is 47.4 cm³/mol. The van der Waals surface area contributed by atoms with Crippen molar-refractivity contribution >= 4 is 15.9 Å². The zero-order chi connectivity index (χ0) is 9.14. The Labute approximate surface area is 78.7 Å². The number of hydroxylamine groups is 2. The molecule has 1 N–H and O–H groups in total. The van der Waals surface area contributed by atoms with E-state index in [1.165, 1.54) is 13.1 Å². The average molecular weight is 234 g/mol. The number of nitrogens with zero attached hydrogens (tertiary/aromatic N) is 1. The molecule has 4 heteroatoms. The Hall–Kier alpha value is -0.450. The topological polar surface area (TPSA) is 23.5 Å². The van der Waals surface area contributed by atoms with Gasteiger partial charge in [0.05, 0.1) is 6.54 Å². The van der Waals surface area contributed by atoms with E-state index in [-0.39, 0.29) is 12.4 Å². The van der Waals surface area contributed by atoms with Crippen molar-refractivity contribution in [3.8, 4) is 0 Å². The number of hydrogen-bond donors (Lipinski definition) is 1. The highest BCUT2D eigenvalue weighted by Gasteiger charge is 2.03. The highest BCUT2D eigenvalue weighted by molar-refractivity contribution is 9.10. The van der Waals surface area contributed by atoms with Crippen molar-refractivity contribution in [2.45, 2.75) is 6.54 Å². The Morgan fingerprint density at radius 3 is 2.75 bits per heavy atom. The van der Waals surface area contributed by atoms with Gasteiger partial charge in [0, 0.05) is 17.1 Å². The Balaban J connectivity index is 2.86. The zero-order valence-corrected chi connectivity index (χ0v) is 8.18. The Morgan fingerprint density at radius 2 is 2.25 bits per heavy atom. The molecular weight excluding hydrogens is 225 g/mol. The third kappa shape index (κ3) is 2.55. The monoisotopic (exact) mass is 233 g/mol. The lowest BCUT2D eigenvalue weighted by Crippen LogP contribution is -2.12. The SMILES string of the molecule is CN(O)Cc1ccc(Br)cc1F. The van der Waals surface area contributed by atoms with Crippen molar-refractivity contribution in [2.24, 2.45) is 0 Å². The maximum atomic E-state index is 13.0. The van der Waals surface area contributed by atoms with Gasteiger partial charge in [-0.1, -0.05) is 22.0 Å². The highest BCUT2D eigenvalue weighted by atomic mass is 79.9. The van der Waals surface area contributed by atoms with Gasteiger partial charge in [0.1, 0.15) is 5.82 Å². The fourth-order valence-corrected chi connectivity index (χ4v) is 1.23. The van der Waals surface area contributed by atoms with E-state index in [2.05, 4.69) is 15.9 Å². The molecule has 12 heavy (non-hydrogen) atoms. The van der Waals surface area contributed by atoms with Crippen molar-refractivity contribution in [1.29, 1.82) is 0 Å². The van der Waals surface area contributed by atoms with Gasteiger partial charge in [-0.25, -0.2) is 4.39 Å². The van der Waals surface area contributed by atoms with Gasteiger partial charge in [-0.2, -0.15) is 5.06 Å². The van der Waals surface area contributed by atoms with Crippen LogP contribution < -0.4 is 0 Å². The zero-order valence-electron chi connectivity index (χ0n) is 6.59. The summed E-state index contributed by atoms with van der Waals surface area (Å²) in [6.45, 7) is 0.194. The molecule has 1 aromatic rings. The molecule has 0 radical (unpaired) electrons. The maximum absolute atomic E-state index is 13.0. The molecule has 0 amide bonds.